The Kier molecular flexibility index (Phi) is 9.93. The molecule has 0 aliphatic carbocycles. The topological polar surface area (TPSA) is 65.0 Å². The van der Waals surface area contributed by atoms with Crippen LogP contribution in [-0.2, 0) is 18.1 Å². The van der Waals surface area contributed by atoms with Gasteiger partial charge in [-0.3, -0.25) is 13.6 Å². The Balaban J connectivity index is 4.34. The van der Waals surface area contributed by atoms with E-state index >= 15 is 0 Å². The predicted octanol–water partition coefficient (Wildman–Crippen LogP) is 3.76. The predicted molar refractivity (Wildman–Crippen MR) is 76.1 cm³/mol. The maximum absolute atomic E-state index is 12.4. The molecule has 0 saturated carbocycles. The van der Waals surface area contributed by atoms with E-state index in [2.05, 4.69) is 0 Å². The van der Waals surface area contributed by atoms with E-state index in [1.165, 1.54) is 0 Å². The third-order valence-electron chi connectivity index (χ3n) is 2.54. The number of hydrogen-bond donors (Lipinski definition) is 1. The molecule has 0 aromatic heterocycles. The van der Waals surface area contributed by atoms with Gasteiger partial charge < -0.3 is 5.11 Å². The van der Waals surface area contributed by atoms with Crippen LogP contribution in [0.15, 0.2) is 0 Å². The Bertz CT molecular complexity index is 254. The minimum Gasteiger partial charge on any atom is -0.396 e. The number of aliphatic hydroxyl groups is 1. The first-order valence-electron chi connectivity index (χ1n) is 7.03. The molecule has 0 rings (SSSR count). The SMILES string of the molecule is CCCCOP(=O)(OCCCC)OCC(C)(C)CO. The van der Waals surface area contributed by atoms with Gasteiger partial charge >= 0.3 is 7.82 Å². The van der Waals surface area contributed by atoms with Crippen LogP contribution in [0.4, 0.5) is 0 Å². The van der Waals surface area contributed by atoms with Crippen LogP contribution in [0.1, 0.15) is 53.4 Å². The number of rotatable bonds is 12. The minimum atomic E-state index is -3.50. The minimum absolute atomic E-state index is 0.0447. The molecule has 0 aliphatic rings. The fourth-order valence-electron chi connectivity index (χ4n) is 1.05. The van der Waals surface area contributed by atoms with Gasteiger partial charge in [-0.25, -0.2) is 4.57 Å². The van der Waals surface area contributed by atoms with Crippen molar-refractivity contribution in [1.82, 2.24) is 0 Å². The molecular formula is C13H29O5P. The fraction of sp³-hybridized carbons (Fsp3) is 1.00. The molecule has 0 amide bonds. The third kappa shape index (κ3) is 9.58. The van der Waals surface area contributed by atoms with Gasteiger partial charge in [0.25, 0.3) is 0 Å². The average Bonchev–Trinajstić information content (AvgIpc) is 2.38. The lowest BCUT2D eigenvalue weighted by Crippen LogP contribution is -2.23. The first-order valence-corrected chi connectivity index (χ1v) is 8.49. The molecule has 0 aromatic rings. The molecule has 0 unspecified atom stereocenters. The summed E-state index contributed by atoms with van der Waals surface area (Å²) in [5.74, 6) is 0. The zero-order valence-electron chi connectivity index (χ0n) is 12.7. The van der Waals surface area contributed by atoms with Crippen LogP contribution in [-0.4, -0.2) is 31.5 Å². The standard InChI is InChI=1S/C13H29O5P/c1-5-7-9-16-19(15,17-10-8-6-2)18-12-13(3,4)11-14/h14H,5-12H2,1-4H3. The number of phosphoric ester groups is 1. The van der Waals surface area contributed by atoms with Crippen LogP contribution in [0, 0.1) is 5.41 Å². The van der Waals surface area contributed by atoms with Crippen molar-refractivity contribution in [3.05, 3.63) is 0 Å². The van der Waals surface area contributed by atoms with Gasteiger partial charge in [-0.2, -0.15) is 0 Å². The quantitative estimate of drug-likeness (QED) is 0.439. The van der Waals surface area contributed by atoms with Crippen LogP contribution in [0.3, 0.4) is 0 Å². The highest BCUT2D eigenvalue weighted by molar-refractivity contribution is 7.48. The lowest BCUT2D eigenvalue weighted by molar-refractivity contribution is 0.0525. The normalized spacial score (nSPS) is 12.9. The Hall–Kier alpha value is 0.0700. The molecule has 0 atom stereocenters. The van der Waals surface area contributed by atoms with Crippen molar-refractivity contribution >= 4 is 7.82 Å². The van der Waals surface area contributed by atoms with E-state index in [0.717, 1.165) is 25.7 Å². The first-order chi connectivity index (χ1) is 8.89. The summed E-state index contributed by atoms with van der Waals surface area (Å²) in [5.41, 5.74) is -0.460. The molecule has 0 aromatic carbocycles. The van der Waals surface area contributed by atoms with Gasteiger partial charge in [0.1, 0.15) is 0 Å². The Morgan fingerprint density at radius 3 is 1.84 bits per heavy atom. The van der Waals surface area contributed by atoms with Crippen molar-refractivity contribution in [1.29, 1.82) is 0 Å². The Morgan fingerprint density at radius 2 is 1.47 bits per heavy atom. The molecular weight excluding hydrogens is 267 g/mol. The molecule has 0 fully saturated rings. The highest BCUT2D eigenvalue weighted by Gasteiger charge is 2.30. The van der Waals surface area contributed by atoms with E-state index in [4.69, 9.17) is 18.7 Å². The van der Waals surface area contributed by atoms with Crippen LogP contribution >= 0.6 is 7.82 Å². The second kappa shape index (κ2) is 9.89. The molecule has 0 radical (unpaired) electrons. The zero-order valence-corrected chi connectivity index (χ0v) is 13.6. The number of hydrogen-bond acceptors (Lipinski definition) is 5. The summed E-state index contributed by atoms with van der Waals surface area (Å²) in [4.78, 5) is 0. The van der Waals surface area contributed by atoms with Crippen molar-refractivity contribution in [2.75, 3.05) is 26.4 Å². The van der Waals surface area contributed by atoms with Gasteiger partial charge in [-0.05, 0) is 12.8 Å². The largest absolute Gasteiger partial charge is 0.474 e. The second-order valence-electron chi connectivity index (χ2n) is 5.42. The number of unbranched alkanes of at least 4 members (excludes halogenated alkanes) is 2. The van der Waals surface area contributed by atoms with Crippen molar-refractivity contribution in [3.8, 4) is 0 Å². The fourth-order valence-corrected chi connectivity index (χ4v) is 2.49. The zero-order chi connectivity index (χ0) is 14.8. The van der Waals surface area contributed by atoms with Gasteiger partial charge in [0, 0.05) is 5.41 Å². The van der Waals surface area contributed by atoms with Crippen LogP contribution in [0.25, 0.3) is 0 Å². The molecule has 1 N–H and O–H groups in total. The van der Waals surface area contributed by atoms with Gasteiger partial charge in [0.2, 0.25) is 0 Å². The Labute approximate surface area is 117 Å². The maximum Gasteiger partial charge on any atom is 0.474 e. The number of aliphatic hydroxyl groups excluding tert-OH is 1. The summed E-state index contributed by atoms with van der Waals surface area (Å²) in [6.07, 6.45) is 3.54. The molecule has 0 bridgehead atoms. The van der Waals surface area contributed by atoms with E-state index in [1.54, 1.807) is 0 Å². The van der Waals surface area contributed by atoms with Crippen LogP contribution in [0.5, 0.6) is 0 Å². The highest BCUT2D eigenvalue weighted by atomic mass is 31.2. The smallest absolute Gasteiger partial charge is 0.396 e. The highest BCUT2D eigenvalue weighted by Crippen LogP contribution is 2.50. The monoisotopic (exact) mass is 296 g/mol. The van der Waals surface area contributed by atoms with E-state index in [1.807, 2.05) is 27.7 Å². The molecule has 6 heteroatoms. The lowest BCUT2D eigenvalue weighted by Gasteiger charge is -2.25. The van der Waals surface area contributed by atoms with Crippen LogP contribution < -0.4 is 0 Å². The number of phosphoric acid groups is 1. The van der Waals surface area contributed by atoms with Crippen molar-refractivity contribution in [3.63, 3.8) is 0 Å². The van der Waals surface area contributed by atoms with Crippen molar-refractivity contribution in [2.45, 2.75) is 53.4 Å². The summed E-state index contributed by atoms with van der Waals surface area (Å²) in [6, 6.07) is 0. The maximum atomic E-state index is 12.4. The van der Waals surface area contributed by atoms with Gasteiger partial charge in [-0.15, -0.1) is 0 Å². The van der Waals surface area contributed by atoms with Gasteiger partial charge in [0.15, 0.2) is 0 Å². The molecule has 116 valence electrons. The third-order valence-corrected chi connectivity index (χ3v) is 3.98. The Morgan fingerprint density at radius 1 is 1.00 bits per heavy atom. The molecule has 0 spiro atoms. The first kappa shape index (κ1) is 19.1. The van der Waals surface area contributed by atoms with E-state index in [0.29, 0.717) is 13.2 Å². The lowest BCUT2D eigenvalue weighted by atomic mass is 9.97. The molecule has 5 nitrogen and oxygen atoms in total. The van der Waals surface area contributed by atoms with E-state index in [9.17, 15) is 4.57 Å². The van der Waals surface area contributed by atoms with Gasteiger partial charge in [-0.1, -0.05) is 40.5 Å². The van der Waals surface area contributed by atoms with E-state index in [-0.39, 0.29) is 13.2 Å². The summed E-state index contributed by atoms with van der Waals surface area (Å²) in [6.45, 7) is 8.53. The molecule has 19 heavy (non-hydrogen) atoms. The second-order valence-corrected chi connectivity index (χ2v) is 7.09. The summed E-state index contributed by atoms with van der Waals surface area (Å²) in [7, 11) is -3.50. The molecule has 0 heterocycles. The average molecular weight is 296 g/mol. The molecule has 0 saturated heterocycles. The van der Waals surface area contributed by atoms with Crippen molar-refractivity contribution in [2.24, 2.45) is 5.41 Å². The summed E-state index contributed by atoms with van der Waals surface area (Å²) in [5, 5.41) is 9.17. The van der Waals surface area contributed by atoms with Crippen LogP contribution in [0.2, 0.25) is 0 Å². The molecule has 0 aliphatic heterocycles. The van der Waals surface area contributed by atoms with E-state index < -0.39 is 13.2 Å². The van der Waals surface area contributed by atoms with Gasteiger partial charge in [0.05, 0.1) is 26.4 Å². The summed E-state index contributed by atoms with van der Waals surface area (Å²) >= 11 is 0. The van der Waals surface area contributed by atoms with Crippen molar-refractivity contribution < 1.29 is 23.2 Å². The summed E-state index contributed by atoms with van der Waals surface area (Å²) < 4.78 is 28.3.